The van der Waals surface area contributed by atoms with E-state index in [1.165, 1.54) is 12.1 Å². The highest BCUT2D eigenvalue weighted by atomic mass is 32.2. The molecule has 4 rings (SSSR count). The Bertz CT molecular complexity index is 965. The molecule has 6 nitrogen and oxygen atoms in total. The zero-order chi connectivity index (χ0) is 19.7. The molecular formula is C20H16N2O4S2. The molecule has 1 atom stereocenters. The van der Waals surface area contributed by atoms with Crippen molar-refractivity contribution < 1.29 is 14.5 Å². The molecule has 2 aliphatic rings. The van der Waals surface area contributed by atoms with Gasteiger partial charge in [0.25, 0.3) is 11.6 Å². The fourth-order valence-corrected chi connectivity index (χ4v) is 5.88. The largest absolute Gasteiger partial charge is 0.297 e. The third kappa shape index (κ3) is 3.45. The Hall–Kier alpha value is -2.58. The number of ketones is 1. The Balaban J connectivity index is 1.71. The van der Waals surface area contributed by atoms with Crippen LogP contribution < -0.4 is 4.90 Å². The fraction of sp³-hybridized carbons (Fsp3) is 0.200. The van der Waals surface area contributed by atoms with Crippen molar-refractivity contribution in [2.45, 2.75) is 12.5 Å². The van der Waals surface area contributed by atoms with Gasteiger partial charge in [-0.15, -0.1) is 23.5 Å². The second-order valence-corrected chi connectivity index (χ2v) is 8.85. The van der Waals surface area contributed by atoms with Gasteiger partial charge in [-0.2, -0.15) is 0 Å². The summed E-state index contributed by atoms with van der Waals surface area (Å²) in [5.41, 5.74) is 1.73. The molecule has 2 aromatic carbocycles. The maximum atomic E-state index is 13.2. The lowest BCUT2D eigenvalue weighted by Crippen LogP contribution is -2.37. The molecule has 142 valence electrons. The summed E-state index contributed by atoms with van der Waals surface area (Å²) >= 11 is 3.11. The van der Waals surface area contributed by atoms with Crippen molar-refractivity contribution in [3.63, 3.8) is 0 Å². The number of carbonyl (C=O) groups excluding carboxylic acids is 2. The van der Waals surface area contributed by atoms with Gasteiger partial charge in [-0.1, -0.05) is 30.3 Å². The van der Waals surface area contributed by atoms with Crippen LogP contribution in [0.3, 0.4) is 0 Å². The van der Waals surface area contributed by atoms with Crippen molar-refractivity contribution in [1.29, 1.82) is 0 Å². The Morgan fingerprint density at radius 3 is 2.25 bits per heavy atom. The number of carbonyl (C=O) groups is 2. The fourth-order valence-electron chi connectivity index (χ4n) is 3.34. The number of rotatable bonds is 4. The highest BCUT2D eigenvalue weighted by Gasteiger charge is 2.46. The number of para-hydroxylation sites is 1. The van der Waals surface area contributed by atoms with Gasteiger partial charge in [0, 0.05) is 35.7 Å². The first kappa shape index (κ1) is 18.8. The summed E-state index contributed by atoms with van der Waals surface area (Å²) in [5.74, 6) is 1.34. The Kier molecular flexibility index (Phi) is 5.23. The molecule has 0 radical (unpaired) electrons. The van der Waals surface area contributed by atoms with Crippen molar-refractivity contribution in [3.05, 3.63) is 80.1 Å². The molecule has 2 saturated heterocycles. The molecule has 0 aliphatic carbocycles. The van der Waals surface area contributed by atoms with E-state index in [9.17, 15) is 19.7 Å². The van der Waals surface area contributed by atoms with Gasteiger partial charge >= 0.3 is 0 Å². The molecule has 0 aromatic heterocycles. The van der Waals surface area contributed by atoms with Crippen molar-refractivity contribution in [1.82, 2.24) is 0 Å². The SMILES string of the molecule is O=C1C(=C2SCCS2)C(=O)N(c2ccccc2)C1Cc1ccc([N+](=O)[O-])cc1. The maximum absolute atomic E-state index is 13.2. The van der Waals surface area contributed by atoms with Crippen LogP contribution in [0.1, 0.15) is 5.56 Å². The smallest absolute Gasteiger partial charge is 0.269 e. The van der Waals surface area contributed by atoms with E-state index < -0.39 is 11.0 Å². The van der Waals surface area contributed by atoms with Crippen molar-refractivity contribution in [3.8, 4) is 0 Å². The molecule has 0 bridgehead atoms. The van der Waals surface area contributed by atoms with Crippen molar-refractivity contribution >= 4 is 46.6 Å². The maximum Gasteiger partial charge on any atom is 0.269 e. The number of thioether (sulfide) groups is 2. The molecule has 0 N–H and O–H groups in total. The molecule has 0 saturated carbocycles. The molecule has 2 aromatic rings. The zero-order valence-corrected chi connectivity index (χ0v) is 16.4. The lowest BCUT2D eigenvalue weighted by Gasteiger charge is -2.23. The number of hydrogen-bond acceptors (Lipinski definition) is 6. The van der Waals surface area contributed by atoms with Crippen LogP contribution in [0.5, 0.6) is 0 Å². The van der Waals surface area contributed by atoms with E-state index in [2.05, 4.69) is 0 Å². The second-order valence-electron chi connectivity index (χ2n) is 6.38. The van der Waals surface area contributed by atoms with Gasteiger partial charge in [0.2, 0.25) is 0 Å². The predicted octanol–water partition coefficient (Wildman–Crippen LogP) is 3.81. The molecule has 2 aliphatic heterocycles. The number of Topliss-reactive ketones (excluding diaryl/α,β-unsaturated/α-hetero) is 1. The molecule has 28 heavy (non-hydrogen) atoms. The van der Waals surface area contributed by atoms with E-state index >= 15 is 0 Å². The van der Waals surface area contributed by atoms with Gasteiger partial charge < -0.3 is 0 Å². The van der Waals surface area contributed by atoms with Crippen LogP contribution in [0.4, 0.5) is 11.4 Å². The number of hydrogen-bond donors (Lipinski definition) is 0. The molecule has 2 fully saturated rings. The lowest BCUT2D eigenvalue weighted by atomic mass is 10.0. The second kappa shape index (κ2) is 7.81. The minimum Gasteiger partial charge on any atom is -0.297 e. The average molecular weight is 412 g/mol. The van der Waals surface area contributed by atoms with Crippen molar-refractivity contribution in [2.75, 3.05) is 16.4 Å². The summed E-state index contributed by atoms with van der Waals surface area (Å²) in [7, 11) is 0. The Morgan fingerprint density at radius 1 is 1.00 bits per heavy atom. The molecule has 1 unspecified atom stereocenters. The van der Waals surface area contributed by atoms with Crippen LogP contribution in [0.15, 0.2) is 64.4 Å². The number of nitro groups is 1. The molecule has 1 amide bonds. The van der Waals surface area contributed by atoms with Gasteiger partial charge in [-0.3, -0.25) is 24.6 Å². The number of benzene rings is 2. The van der Waals surface area contributed by atoms with E-state index in [-0.39, 0.29) is 23.0 Å². The molecular weight excluding hydrogens is 396 g/mol. The van der Waals surface area contributed by atoms with Crippen LogP contribution in [-0.2, 0) is 16.0 Å². The van der Waals surface area contributed by atoms with E-state index in [0.717, 1.165) is 21.3 Å². The summed E-state index contributed by atoms with van der Waals surface area (Å²) in [6.07, 6.45) is 0.309. The highest BCUT2D eigenvalue weighted by molar-refractivity contribution is 8.25. The van der Waals surface area contributed by atoms with Gasteiger partial charge in [-0.25, -0.2) is 0 Å². The third-order valence-corrected chi connectivity index (χ3v) is 7.37. The summed E-state index contributed by atoms with van der Waals surface area (Å²) in [6, 6.07) is 14.6. The Labute approximate surface area is 170 Å². The predicted molar refractivity (Wildman–Crippen MR) is 111 cm³/mol. The minimum absolute atomic E-state index is 0.000877. The molecule has 2 heterocycles. The average Bonchev–Trinajstić information content (AvgIpc) is 3.30. The topological polar surface area (TPSA) is 80.5 Å². The van der Waals surface area contributed by atoms with Gasteiger partial charge in [0.05, 0.1) is 9.16 Å². The number of amides is 1. The summed E-state index contributed by atoms with van der Waals surface area (Å²) in [5, 5.41) is 10.9. The quantitative estimate of drug-likeness (QED) is 0.329. The number of nitro benzene ring substituents is 1. The zero-order valence-electron chi connectivity index (χ0n) is 14.7. The van der Waals surface area contributed by atoms with Crippen LogP contribution in [0, 0.1) is 10.1 Å². The standard InChI is InChI=1S/C20H16N2O4S2/c23-18-16(12-13-6-8-15(9-7-13)22(25)26)21(14-4-2-1-3-5-14)19(24)17(18)20-27-10-11-28-20/h1-9,16H,10-12H2. The summed E-state index contributed by atoms with van der Waals surface area (Å²) in [4.78, 5) is 38.4. The highest BCUT2D eigenvalue weighted by Crippen LogP contribution is 2.43. The first-order valence-electron chi connectivity index (χ1n) is 8.72. The van der Waals surface area contributed by atoms with Crippen LogP contribution in [-0.4, -0.2) is 34.2 Å². The van der Waals surface area contributed by atoms with E-state index in [1.807, 2.05) is 30.3 Å². The van der Waals surface area contributed by atoms with Crippen LogP contribution >= 0.6 is 23.5 Å². The number of nitrogens with zero attached hydrogens (tertiary/aromatic N) is 2. The van der Waals surface area contributed by atoms with Gasteiger partial charge in [0.15, 0.2) is 5.78 Å². The molecule has 0 spiro atoms. The summed E-state index contributed by atoms with van der Waals surface area (Å²) in [6.45, 7) is 0. The normalized spacial score (nSPS) is 19.6. The van der Waals surface area contributed by atoms with Crippen LogP contribution in [0.2, 0.25) is 0 Å². The number of anilines is 1. The van der Waals surface area contributed by atoms with E-state index in [4.69, 9.17) is 0 Å². The van der Waals surface area contributed by atoms with Crippen molar-refractivity contribution in [2.24, 2.45) is 0 Å². The van der Waals surface area contributed by atoms with E-state index in [1.54, 1.807) is 40.6 Å². The monoisotopic (exact) mass is 412 g/mol. The molecule has 8 heteroatoms. The third-order valence-electron chi connectivity index (χ3n) is 4.66. The summed E-state index contributed by atoms with van der Waals surface area (Å²) < 4.78 is 0.808. The Morgan fingerprint density at radius 2 is 1.64 bits per heavy atom. The van der Waals surface area contributed by atoms with E-state index in [0.29, 0.717) is 12.1 Å². The van der Waals surface area contributed by atoms with Gasteiger partial charge in [-0.05, 0) is 17.7 Å². The van der Waals surface area contributed by atoms with Gasteiger partial charge in [0.1, 0.15) is 11.6 Å². The number of non-ortho nitro benzene ring substituents is 1. The first-order valence-corrected chi connectivity index (χ1v) is 10.7. The first-order chi connectivity index (χ1) is 13.6. The minimum atomic E-state index is -0.652. The van der Waals surface area contributed by atoms with Crippen LogP contribution in [0.25, 0.3) is 0 Å². The lowest BCUT2D eigenvalue weighted by molar-refractivity contribution is -0.384.